The van der Waals surface area contributed by atoms with Crippen LogP contribution in [0, 0.1) is 0 Å². The first-order valence-electron chi connectivity index (χ1n) is 11.7. The van der Waals surface area contributed by atoms with E-state index < -0.39 is 0 Å². The van der Waals surface area contributed by atoms with Crippen molar-refractivity contribution < 1.29 is 9.53 Å². The van der Waals surface area contributed by atoms with Crippen molar-refractivity contribution in [2.24, 2.45) is 0 Å². The Bertz CT molecular complexity index is 1290. The number of carbonyl (C=O) groups is 1. The van der Waals surface area contributed by atoms with Crippen molar-refractivity contribution in [2.75, 3.05) is 13.7 Å². The van der Waals surface area contributed by atoms with Gasteiger partial charge in [0, 0.05) is 29.8 Å². The van der Waals surface area contributed by atoms with E-state index in [0.717, 1.165) is 40.3 Å². The summed E-state index contributed by atoms with van der Waals surface area (Å²) in [5.74, 6) is 0.966. The highest BCUT2D eigenvalue weighted by Crippen LogP contribution is 2.35. The molecule has 34 heavy (non-hydrogen) atoms. The third kappa shape index (κ3) is 4.63. The Hall–Kier alpha value is -3.03. The third-order valence-corrected chi connectivity index (χ3v) is 7.40. The van der Waals surface area contributed by atoms with Crippen LogP contribution >= 0.6 is 11.8 Å². The van der Waals surface area contributed by atoms with Crippen LogP contribution in [0.2, 0.25) is 0 Å². The SMILES string of the molecule is COc1ccc(CN2C[C@@H](Sc3nc4ccccc4[nH]3)C[C@H]2C(=O)NC(C)C)c2ccccc12. The van der Waals surface area contributed by atoms with Crippen LogP contribution in [0.25, 0.3) is 21.8 Å². The minimum absolute atomic E-state index is 0.0977. The van der Waals surface area contributed by atoms with E-state index in [9.17, 15) is 4.79 Å². The Morgan fingerprint density at radius 3 is 2.68 bits per heavy atom. The van der Waals surface area contributed by atoms with Gasteiger partial charge >= 0.3 is 0 Å². The van der Waals surface area contributed by atoms with E-state index in [1.54, 1.807) is 18.9 Å². The monoisotopic (exact) mass is 474 g/mol. The van der Waals surface area contributed by atoms with Gasteiger partial charge in [0.05, 0.1) is 24.2 Å². The molecule has 5 rings (SSSR count). The standard InChI is InChI=1S/C27H30N4O2S/c1-17(2)28-26(32)24-14-19(34-27-29-22-10-6-7-11-23(22)30-27)16-31(24)15-18-12-13-25(33-3)21-9-5-4-8-20(18)21/h4-13,17,19,24H,14-16H2,1-3H3,(H,28,32)(H,29,30)/t19-,24-/m0/s1. The number of nitrogens with one attached hydrogen (secondary N) is 2. The Kier molecular flexibility index (Phi) is 6.48. The fourth-order valence-electron chi connectivity index (χ4n) is 4.79. The van der Waals surface area contributed by atoms with E-state index in [4.69, 9.17) is 9.72 Å². The molecule has 0 bridgehead atoms. The number of hydrogen-bond acceptors (Lipinski definition) is 5. The molecule has 1 fully saturated rings. The number of ether oxygens (including phenoxy) is 1. The molecule has 176 valence electrons. The summed E-state index contributed by atoms with van der Waals surface area (Å²) in [6.07, 6.45) is 0.786. The average Bonchev–Trinajstić information content (AvgIpc) is 3.42. The molecular weight excluding hydrogens is 444 g/mol. The van der Waals surface area contributed by atoms with Crippen LogP contribution < -0.4 is 10.1 Å². The Morgan fingerprint density at radius 2 is 1.91 bits per heavy atom. The van der Waals surface area contributed by atoms with E-state index in [1.807, 2.05) is 50.2 Å². The molecule has 0 spiro atoms. The number of H-pyrrole nitrogens is 1. The van der Waals surface area contributed by atoms with Crippen LogP contribution in [-0.2, 0) is 11.3 Å². The number of nitrogens with zero attached hydrogens (tertiary/aromatic N) is 2. The maximum absolute atomic E-state index is 13.2. The molecule has 0 saturated carbocycles. The highest BCUT2D eigenvalue weighted by Gasteiger charge is 2.38. The molecule has 4 aromatic rings. The Balaban J connectivity index is 1.41. The van der Waals surface area contributed by atoms with Crippen molar-refractivity contribution in [1.29, 1.82) is 0 Å². The topological polar surface area (TPSA) is 70.2 Å². The lowest BCUT2D eigenvalue weighted by Gasteiger charge is -2.25. The van der Waals surface area contributed by atoms with Crippen LogP contribution in [0.5, 0.6) is 5.75 Å². The lowest BCUT2D eigenvalue weighted by Crippen LogP contribution is -2.45. The first-order valence-corrected chi connectivity index (χ1v) is 12.6. The number of aromatic nitrogens is 2. The number of benzene rings is 3. The van der Waals surface area contributed by atoms with Gasteiger partial charge in [0.1, 0.15) is 5.75 Å². The number of methoxy groups -OCH3 is 1. The van der Waals surface area contributed by atoms with Gasteiger partial charge in [0.2, 0.25) is 5.91 Å². The number of hydrogen-bond donors (Lipinski definition) is 2. The van der Waals surface area contributed by atoms with Crippen LogP contribution in [0.3, 0.4) is 0 Å². The fourth-order valence-corrected chi connectivity index (χ4v) is 5.97. The molecule has 6 nitrogen and oxygen atoms in total. The number of aromatic amines is 1. The van der Waals surface area contributed by atoms with Crippen LogP contribution in [0.1, 0.15) is 25.8 Å². The number of para-hydroxylation sites is 2. The minimum Gasteiger partial charge on any atom is -0.496 e. The molecule has 0 unspecified atom stereocenters. The zero-order chi connectivity index (χ0) is 23.7. The molecular formula is C27H30N4O2S. The largest absolute Gasteiger partial charge is 0.496 e. The van der Waals surface area contributed by atoms with E-state index in [0.29, 0.717) is 6.54 Å². The second-order valence-electron chi connectivity index (χ2n) is 9.12. The highest BCUT2D eigenvalue weighted by atomic mass is 32.2. The molecule has 1 amide bonds. The predicted molar refractivity (Wildman–Crippen MR) is 138 cm³/mol. The predicted octanol–water partition coefficient (Wildman–Crippen LogP) is 4.98. The number of amides is 1. The quantitative estimate of drug-likeness (QED) is 0.395. The van der Waals surface area contributed by atoms with Crippen molar-refractivity contribution in [3.63, 3.8) is 0 Å². The van der Waals surface area contributed by atoms with Gasteiger partial charge in [0.25, 0.3) is 0 Å². The first kappa shape index (κ1) is 22.7. The van der Waals surface area contributed by atoms with Crippen molar-refractivity contribution in [3.8, 4) is 5.75 Å². The van der Waals surface area contributed by atoms with E-state index in [2.05, 4.69) is 39.5 Å². The molecule has 1 aromatic heterocycles. The minimum atomic E-state index is -0.176. The summed E-state index contributed by atoms with van der Waals surface area (Å²) >= 11 is 1.73. The van der Waals surface area contributed by atoms with Crippen molar-refractivity contribution in [3.05, 3.63) is 66.2 Å². The molecule has 3 aromatic carbocycles. The van der Waals surface area contributed by atoms with Crippen LogP contribution in [0.4, 0.5) is 0 Å². The number of rotatable bonds is 7. The number of fused-ring (bicyclic) bond motifs is 2. The van der Waals surface area contributed by atoms with Gasteiger partial charge in [-0.15, -0.1) is 0 Å². The molecule has 1 saturated heterocycles. The van der Waals surface area contributed by atoms with Crippen molar-refractivity contribution in [1.82, 2.24) is 20.2 Å². The van der Waals surface area contributed by atoms with Gasteiger partial charge < -0.3 is 15.0 Å². The average molecular weight is 475 g/mol. The molecule has 0 aliphatic carbocycles. The van der Waals surface area contributed by atoms with Crippen LogP contribution in [0.15, 0.2) is 65.8 Å². The molecule has 1 aliphatic rings. The summed E-state index contributed by atoms with van der Waals surface area (Å²) in [7, 11) is 1.70. The van der Waals surface area contributed by atoms with Gasteiger partial charge in [0.15, 0.2) is 5.16 Å². The smallest absolute Gasteiger partial charge is 0.237 e. The fraction of sp³-hybridized carbons (Fsp3) is 0.333. The number of carbonyl (C=O) groups excluding carboxylic acids is 1. The molecule has 1 aliphatic heterocycles. The van der Waals surface area contributed by atoms with Gasteiger partial charge in [-0.2, -0.15) is 0 Å². The molecule has 0 radical (unpaired) electrons. The van der Waals surface area contributed by atoms with E-state index >= 15 is 0 Å². The molecule has 2 N–H and O–H groups in total. The number of thioether (sulfide) groups is 1. The van der Waals surface area contributed by atoms with Crippen LogP contribution in [-0.4, -0.2) is 51.8 Å². The normalized spacial score (nSPS) is 18.7. The van der Waals surface area contributed by atoms with E-state index in [1.165, 1.54) is 10.9 Å². The van der Waals surface area contributed by atoms with Crippen molar-refractivity contribution >= 4 is 39.5 Å². The number of imidazole rings is 1. The van der Waals surface area contributed by atoms with Gasteiger partial charge in [-0.05, 0) is 49.4 Å². The summed E-state index contributed by atoms with van der Waals surface area (Å²) < 4.78 is 5.57. The summed E-state index contributed by atoms with van der Waals surface area (Å²) in [5, 5.41) is 6.57. The Morgan fingerprint density at radius 1 is 1.15 bits per heavy atom. The molecule has 2 heterocycles. The van der Waals surface area contributed by atoms with Gasteiger partial charge in [-0.1, -0.05) is 54.2 Å². The lowest BCUT2D eigenvalue weighted by atomic mass is 10.0. The number of likely N-dealkylation sites (tertiary alicyclic amines) is 1. The highest BCUT2D eigenvalue weighted by molar-refractivity contribution is 7.99. The zero-order valence-corrected chi connectivity index (χ0v) is 20.6. The summed E-state index contributed by atoms with van der Waals surface area (Å²) in [4.78, 5) is 23.6. The van der Waals surface area contributed by atoms with Crippen molar-refractivity contribution in [2.45, 2.75) is 49.3 Å². The maximum Gasteiger partial charge on any atom is 0.237 e. The van der Waals surface area contributed by atoms with E-state index in [-0.39, 0.29) is 23.2 Å². The summed E-state index contributed by atoms with van der Waals surface area (Å²) in [5.41, 5.74) is 3.21. The van der Waals surface area contributed by atoms with Gasteiger partial charge in [-0.25, -0.2) is 4.98 Å². The molecule has 7 heteroatoms. The Labute approximate surface area is 204 Å². The third-order valence-electron chi connectivity index (χ3n) is 6.31. The summed E-state index contributed by atoms with van der Waals surface area (Å²) in [6, 6.07) is 20.5. The second-order valence-corrected chi connectivity index (χ2v) is 10.4. The van der Waals surface area contributed by atoms with Gasteiger partial charge in [-0.3, -0.25) is 9.69 Å². The molecule has 2 atom stereocenters. The lowest BCUT2D eigenvalue weighted by molar-refractivity contribution is -0.126. The first-order chi connectivity index (χ1) is 16.5. The second kappa shape index (κ2) is 9.68. The zero-order valence-electron chi connectivity index (χ0n) is 19.7. The summed E-state index contributed by atoms with van der Waals surface area (Å²) in [6.45, 7) is 5.54. The maximum atomic E-state index is 13.2.